The molecule has 0 unspecified atom stereocenters. The number of nitrogens with zero attached hydrogens (tertiary/aromatic N) is 4. The van der Waals surface area contributed by atoms with E-state index in [1.807, 2.05) is 0 Å². The van der Waals surface area contributed by atoms with Crippen molar-refractivity contribution in [3.63, 3.8) is 0 Å². The van der Waals surface area contributed by atoms with Crippen molar-refractivity contribution in [2.24, 2.45) is 7.05 Å². The first-order chi connectivity index (χ1) is 19.2. The predicted octanol–water partition coefficient (Wildman–Crippen LogP) is 4.61. The maximum atomic E-state index is 14.5. The lowest BCUT2D eigenvalue weighted by molar-refractivity contribution is 0.0636. The Balaban J connectivity index is 1.67. The van der Waals surface area contributed by atoms with Crippen LogP contribution in [0.25, 0.3) is 10.6 Å². The lowest BCUT2D eigenvalue weighted by Gasteiger charge is -2.36. The molecule has 2 aromatic heterocycles. The van der Waals surface area contributed by atoms with Crippen molar-refractivity contribution in [1.29, 1.82) is 0 Å². The molecule has 2 atom stereocenters. The zero-order chi connectivity index (χ0) is 30.1. The molecule has 1 aliphatic heterocycles. The van der Waals surface area contributed by atoms with Gasteiger partial charge in [0, 0.05) is 20.0 Å². The summed E-state index contributed by atoms with van der Waals surface area (Å²) in [7, 11) is 1.56. The van der Waals surface area contributed by atoms with Crippen LogP contribution in [0.15, 0.2) is 24.4 Å². The van der Waals surface area contributed by atoms with E-state index in [-0.39, 0.29) is 46.7 Å². The molecule has 0 saturated carbocycles. The highest BCUT2D eigenvalue weighted by Gasteiger charge is 2.32. The van der Waals surface area contributed by atoms with E-state index in [0.29, 0.717) is 11.3 Å². The van der Waals surface area contributed by atoms with Crippen molar-refractivity contribution < 1.29 is 37.4 Å². The summed E-state index contributed by atoms with van der Waals surface area (Å²) < 4.78 is 50.2. The number of amides is 3. The minimum atomic E-state index is -1.36. The number of benzene rings is 1. The first kappa shape index (κ1) is 29.6. The van der Waals surface area contributed by atoms with Gasteiger partial charge in [0.25, 0.3) is 5.91 Å². The second-order valence-electron chi connectivity index (χ2n) is 10.3. The van der Waals surface area contributed by atoms with Gasteiger partial charge in [-0.2, -0.15) is 5.10 Å². The van der Waals surface area contributed by atoms with E-state index in [4.69, 9.17) is 9.84 Å². The molecule has 12 nitrogen and oxygen atoms in total. The van der Waals surface area contributed by atoms with Gasteiger partial charge in [-0.1, -0.05) is 17.4 Å². The highest BCUT2D eigenvalue weighted by Crippen LogP contribution is 2.36. The highest BCUT2D eigenvalue weighted by atomic mass is 32.1. The molecule has 3 aromatic rings. The van der Waals surface area contributed by atoms with Crippen LogP contribution in [0, 0.1) is 11.6 Å². The standard InChI is InChI=1S/C25H28F3N7O5S/c1-25(2,3)40-24(39)33-21-18(32-20(41-21)17-14(27)6-5-7-15(17)28)19(36)31-16-9-29-34(4)22(16)35-10-12(26)8-13(11-35)30-23(37)38/h5-7,9,12-13,30H,8,10-11H2,1-4H3,(H,31,36)(H,33,39)(H,37,38)/t12-,13+/m1/s1. The Bertz CT molecular complexity index is 1450. The molecule has 3 amide bonds. The maximum Gasteiger partial charge on any atom is 0.412 e. The monoisotopic (exact) mass is 595 g/mol. The number of alkyl halides is 1. The number of aromatic nitrogens is 3. The molecule has 16 heteroatoms. The molecule has 0 radical (unpaired) electrons. The van der Waals surface area contributed by atoms with E-state index in [0.717, 1.165) is 12.1 Å². The molecule has 0 spiro atoms. The fourth-order valence-electron chi connectivity index (χ4n) is 4.33. The zero-order valence-electron chi connectivity index (χ0n) is 22.5. The summed E-state index contributed by atoms with van der Waals surface area (Å²) >= 11 is 0.669. The Hall–Kier alpha value is -4.34. The SMILES string of the molecule is Cn1ncc(NC(=O)c2nc(-c3c(F)cccc3F)sc2NC(=O)OC(C)(C)C)c1N1C[C@H](F)C[C@H](NC(=O)O)C1. The van der Waals surface area contributed by atoms with Gasteiger partial charge in [-0.05, 0) is 32.9 Å². The van der Waals surface area contributed by atoms with Gasteiger partial charge in [0.1, 0.15) is 39.1 Å². The average molecular weight is 596 g/mol. The number of rotatable bonds is 6. The van der Waals surface area contributed by atoms with Crippen LogP contribution in [-0.4, -0.2) is 68.9 Å². The molecular weight excluding hydrogens is 567 g/mol. The molecule has 1 saturated heterocycles. The van der Waals surface area contributed by atoms with Crippen molar-refractivity contribution in [3.05, 3.63) is 41.7 Å². The molecule has 3 heterocycles. The lowest BCUT2D eigenvalue weighted by Crippen LogP contribution is -2.52. The van der Waals surface area contributed by atoms with Gasteiger partial charge in [-0.25, -0.2) is 27.7 Å². The van der Waals surface area contributed by atoms with Crippen LogP contribution in [0.1, 0.15) is 37.7 Å². The van der Waals surface area contributed by atoms with E-state index < -0.39 is 53.1 Å². The normalized spacial score (nSPS) is 17.2. The summed E-state index contributed by atoms with van der Waals surface area (Å²) in [5.41, 5.74) is -1.58. The Morgan fingerprint density at radius 2 is 1.83 bits per heavy atom. The average Bonchev–Trinajstić information content (AvgIpc) is 3.40. The summed E-state index contributed by atoms with van der Waals surface area (Å²) in [5.74, 6) is -2.41. The first-order valence-electron chi connectivity index (χ1n) is 12.4. The third-order valence-electron chi connectivity index (χ3n) is 5.82. The summed E-state index contributed by atoms with van der Waals surface area (Å²) in [6.07, 6.45) is -2.29. The Kier molecular flexibility index (Phi) is 8.42. The largest absolute Gasteiger partial charge is 0.465 e. The van der Waals surface area contributed by atoms with Gasteiger partial charge < -0.3 is 25.4 Å². The summed E-state index contributed by atoms with van der Waals surface area (Å²) in [6.45, 7) is 4.93. The van der Waals surface area contributed by atoms with E-state index in [2.05, 4.69) is 26.0 Å². The number of nitrogens with one attached hydrogen (secondary N) is 3. The smallest absolute Gasteiger partial charge is 0.412 e. The fraction of sp³-hybridized carbons (Fsp3) is 0.400. The number of aryl methyl sites for hydroxylation is 1. The zero-order valence-corrected chi connectivity index (χ0v) is 23.3. The van der Waals surface area contributed by atoms with Gasteiger partial charge in [0.15, 0.2) is 11.5 Å². The third kappa shape index (κ3) is 7.06. The van der Waals surface area contributed by atoms with E-state index in [1.54, 1.807) is 32.7 Å². The predicted molar refractivity (Wildman–Crippen MR) is 145 cm³/mol. The van der Waals surface area contributed by atoms with Crippen molar-refractivity contribution in [3.8, 4) is 10.6 Å². The number of halogens is 3. The second-order valence-corrected chi connectivity index (χ2v) is 11.3. The van der Waals surface area contributed by atoms with Crippen LogP contribution in [-0.2, 0) is 11.8 Å². The number of anilines is 3. The number of ether oxygens (including phenoxy) is 1. The second kappa shape index (κ2) is 11.6. The molecule has 4 N–H and O–H groups in total. The number of carbonyl (C=O) groups is 3. The quantitative estimate of drug-likeness (QED) is 0.323. The van der Waals surface area contributed by atoms with Crippen LogP contribution in [0.3, 0.4) is 0 Å². The summed E-state index contributed by atoms with van der Waals surface area (Å²) in [4.78, 5) is 42.8. The van der Waals surface area contributed by atoms with Gasteiger partial charge in [-0.15, -0.1) is 0 Å². The van der Waals surface area contributed by atoms with E-state index in [1.165, 1.54) is 16.9 Å². The fourth-order valence-corrected chi connectivity index (χ4v) is 5.33. The molecule has 220 valence electrons. The molecule has 4 rings (SSSR count). The Labute approximate surface area is 236 Å². The molecule has 0 aliphatic carbocycles. The number of hydrogen-bond acceptors (Lipinski definition) is 8. The van der Waals surface area contributed by atoms with Crippen molar-refractivity contribution in [2.45, 2.75) is 45.0 Å². The Morgan fingerprint density at radius 3 is 2.46 bits per heavy atom. The molecule has 0 bridgehead atoms. The van der Waals surface area contributed by atoms with E-state index in [9.17, 15) is 27.6 Å². The minimum Gasteiger partial charge on any atom is -0.465 e. The number of carbonyl (C=O) groups excluding carboxylic acids is 2. The topological polar surface area (TPSA) is 151 Å². The van der Waals surface area contributed by atoms with Crippen LogP contribution in [0.4, 0.5) is 39.3 Å². The minimum absolute atomic E-state index is 0.0176. The summed E-state index contributed by atoms with van der Waals surface area (Å²) in [6, 6.07) is 2.53. The molecule has 1 fully saturated rings. The lowest BCUT2D eigenvalue weighted by atomic mass is 10.0. The van der Waals surface area contributed by atoms with Crippen molar-refractivity contribution in [2.75, 3.05) is 28.6 Å². The molecule has 1 aromatic carbocycles. The van der Waals surface area contributed by atoms with Gasteiger partial charge in [0.2, 0.25) is 0 Å². The van der Waals surface area contributed by atoms with Crippen molar-refractivity contribution in [1.82, 2.24) is 20.1 Å². The maximum absolute atomic E-state index is 14.5. The first-order valence-corrected chi connectivity index (χ1v) is 13.2. The molecule has 41 heavy (non-hydrogen) atoms. The summed E-state index contributed by atoms with van der Waals surface area (Å²) in [5, 5.41) is 20.2. The van der Waals surface area contributed by atoms with Gasteiger partial charge in [0.05, 0.1) is 24.3 Å². The third-order valence-corrected chi connectivity index (χ3v) is 6.80. The number of thiazole rings is 1. The van der Waals surface area contributed by atoms with Gasteiger partial charge in [-0.3, -0.25) is 14.8 Å². The number of carboxylic acid groups (broad SMARTS) is 1. The Morgan fingerprint density at radius 1 is 1.15 bits per heavy atom. The molecular formula is C25H28F3N7O5S. The van der Waals surface area contributed by atoms with Crippen LogP contribution in [0.5, 0.6) is 0 Å². The van der Waals surface area contributed by atoms with Crippen LogP contribution < -0.4 is 20.9 Å². The highest BCUT2D eigenvalue weighted by molar-refractivity contribution is 7.19. The van der Waals surface area contributed by atoms with E-state index >= 15 is 0 Å². The van der Waals surface area contributed by atoms with Crippen LogP contribution in [0.2, 0.25) is 0 Å². The van der Waals surface area contributed by atoms with Gasteiger partial charge >= 0.3 is 12.2 Å². The van der Waals surface area contributed by atoms with Crippen molar-refractivity contribution >= 4 is 45.9 Å². The molecule has 1 aliphatic rings. The number of hydrogen-bond donors (Lipinski definition) is 4. The van der Waals surface area contributed by atoms with Crippen LogP contribution >= 0.6 is 11.3 Å². The number of piperidine rings is 1.